The molecule has 0 aliphatic rings. The molecule has 2 aromatic heterocycles. The Hall–Kier alpha value is -0.449. The van der Waals surface area contributed by atoms with Crippen LogP contribution in [-0.2, 0) is 0 Å². The second-order valence-corrected chi connectivity index (χ2v) is 14.2. The van der Waals surface area contributed by atoms with E-state index in [9.17, 15) is 0 Å². The molecule has 0 saturated carbocycles. The Morgan fingerprint density at radius 1 is 0.750 bits per heavy atom. The van der Waals surface area contributed by atoms with Crippen molar-refractivity contribution in [1.29, 1.82) is 0 Å². The molecule has 0 aliphatic heterocycles. The van der Waals surface area contributed by atoms with Gasteiger partial charge in [0.1, 0.15) is 0 Å². The molecule has 0 bridgehead atoms. The molecule has 0 unspecified atom stereocenters. The van der Waals surface area contributed by atoms with Gasteiger partial charge in [0.25, 0.3) is 0 Å². The van der Waals surface area contributed by atoms with Crippen LogP contribution < -0.4 is 29.6 Å². The Balaban J connectivity index is 0.00000200. The van der Waals surface area contributed by atoms with Crippen LogP contribution in [0.1, 0.15) is 11.5 Å². The Bertz CT molecular complexity index is 525. The second kappa shape index (κ2) is 6.12. The monoisotopic (exact) mass is 299 g/mol. The van der Waals surface area contributed by atoms with Gasteiger partial charge >= 0.3 is 18.9 Å². The average molecular weight is 299 g/mol. The number of aryl methyl sites for hydroxylation is 2. The van der Waals surface area contributed by atoms with Crippen molar-refractivity contribution in [1.82, 2.24) is 0 Å². The maximum Gasteiger partial charge on any atom is 1.00 e. The molecule has 6 heteroatoms. The third kappa shape index (κ3) is 3.80. The Labute approximate surface area is 135 Å². The van der Waals surface area contributed by atoms with Crippen LogP contribution in [0, 0.1) is 13.8 Å². The predicted molar refractivity (Wildman–Crippen MR) is 84.5 cm³/mol. The van der Waals surface area contributed by atoms with Crippen molar-refractivity contribution in [2.45, 2.75) is 40.0 Å². The van der Waals surface area contributed by atoms with Crippen LogP contribution >= 0.6 is 0 Å². The number of nitrogens with zero attached hydrogens (tertiary/aromatic N) is 1. The van der Waals surface area contributed by atoms with Crippen molar-refractivity contribution >= 4 is 27.2 Å². The van der Waals surface area contributed by atoms with Crippen LogP contribution in [0.4, 0.5) is 0 Å². The van der Waals surface area contributed by atoms with Crippen LogP contribution in [0.15, 0.2) is 33.1 Å². The minimum absolute atomic E-state index is 0. The fourth-order valence-corrected chi connectivity index (χ4v) is 10.6. The van der Waals surface area contributed by atoms with Gasteiger partial charge in [-0.1, -0.05) is 26.2 Å². The summed E-state index contributed by atoms with van der Waals surface area (Å²) in [7, 11) is -3.81. The quantitative estimate of drug-likeness (QED) is 0.767. The molecule has 0 saturated heterocycles. The summed E-state index contributed by atoms with van der Waals surface area (Å²) in [6.07, 6.45) is 0. The molecule has 0 N–H and O–H groups in total. The SMILES string of the molecule is Cc1ccc([Si](C)(C)[N-][Si](C)(C)c2ccc(C)o2)o1.[Li+]. The maximum atomic E-state index is 5.79. The molecule has 104 valence electrons. The summed E-state index contributed by atoms with van der Waals surface area (Å²) in [6, 6.07) is 8.18. The van der Waals surface area contributed by atoms with E-state index >= 15 is 0 Å². The minimum atomic E-state index is -1.91. The van der Waals surface area contributed by atoms with E-state index in [-0.39, 0.29) is 18.9 Å². The zero-order valence-electron chi connectivity index (χ0n) is 13.6. The van der Waals surface area contributed by atoms with Gasteiger partial charge in [0.05, 0.1) is 22.3 Å². The molecule has 0 aliphatic carbocycles. The molecule has 0 fully saturated rings. The molecule has 2 rings (SSSR count). The first-order valence-corrected chi connectivity index (χ1v) is 12.5. The van der Waals surface area contributed by atoms with E-state index in [0.717, 1.165) is 22.3 Å². The van der Waals surface area contributed by atoms with E-state index in [1.807, 2.05) is 26.0 Å². The van der Waals surface area contributed by atoms with Gasteiger partial charge in [0, 0.05) is 16.5 Å². The van der Waals surface area contributed by atoms with Gasteiger partial charge in [-0.3, -0.25) is 0 Å². The molecule has 0 atom stereocenters. The molecule has 3 nitrogen and oxygen atoms in total. The van der Waals surface area contributed by atoms with Crippen molar-refractivity contribution in [3.05, 3.63) is 40.4 Å². The number of furan rings is 2. The standard InChI is InChI=1S/C14H22NO2Si2.Li/c1-11-7-9-13(16-11)18(3,4)15-19(5,6)14-10-8-12(2)17-14;/h7-10H,1-6H3;/q-1;+1. The van der Waals surface area contributed by atoms with Gasteiger partial charge in [-0.2, -0.15) is 0 Å². The number of hydrogen-bond acceptors (Lipinski definition) is 2. The van der Waals surface area contributed by atoms with E-state index in [1.165, 1.54) is 0 Å². The van der Waals surface area contributed by atoms with Crippen molar-refractivity contribution in [3.8, 4) is 0 Å². The van der Waals surface area contributed by atoms with Crippen LogP contribution in [-0.4, -0.2) is 16.5 Å². The normalized spacial score (nSPS) is 12.3. The van der Waals surface area contributed by atoms with Crippen LogP contribution in [0.2, 0.25) is 26.2 Å². The van der Waals surface area contributed by atoms with Gasteiger partial charge in [-0.25, -0.2) is 0 Å². The molecular weight excluding hydrogens is 277 g/mol. The summed E-state index contributed by atoms with van der Waals surface area (Å²) in [6.45, 7) is 12.9. The Morgan fingerprint density at radius 2 is 1.10 bits per heavy atom. The molecule has 20 heavy (non-hydrogen) atoms. The molecule has 0 aromatic carbocycles. The van der Waals surface area contributed by atoms with Gasteiger partial charge in [0.15, 0.2) is 0 Å². The first kappa shape index (κ1) is 17.6. The van der Waals surface area contributed by atoms with E-state index in [4.69, 9.17) is 13.5 Å². The second-order valence-electron chi connectivity index (χ2n) is 6.05. The zero-order valence-corrected chi connectivity index (χ0v) is 15.6. The summed E-state index contributed by atoms with van der Waals surface area (Å²) in [5.74, 6) is 1.91. The molecule has 0 spiro atoms. The molecule has 2 aromatic rings. The van der Waals surface area contributed by atoms with Crippen molar-refractivity contribution < 1.29 is 27.7 Å². The Morgan fingerprint density at radius 3 is 1.35 bits per heavy atom. The molecular formula is C14H22LiNO2Si2. The largest absolute Gasteiger partial charge is 1.00 e. The summed E-state index contributed by atoms with van der Waals surface area (Å²) in [5, 5.41) is 2.10. The summed E-state index contributed by atoms with van der Waals surface area (Å²) in [4.78, 5) is 0. The number of hydrogen-bond donors (Lipinski definition) is 0. The third-order valence-corrected chi connectivity index (χ3v) is 10.7. The summed E-state index contributed by atoms with van der Waals surface area (Å²) < 4.78 is 16.8. The van der Waals surface area contributed by atoms with Gasteiger partial charge in [-0.05, 0) is 38.1 Å². The molecule has 0 radical (unpaired) electrons. The smallest absolute Gasteiger partial charge is 0.655 e. The van der Waals surface area contributed by atoms with E-state index in [0.29, 0.717) is 0 Å². The Kier molecular flexibility index (Phi) is 5.39. The van der Waals surface area contributed by atoms with E-state index in [2.05, 4.69) is 38.3 Å². The summed E-state index contributed by atoms with van der Waals surface area (Å²) in [5.41, 5.74) is 0. The van der Waals surface area contributed by atoms with Crippen LogP contribution in [0.3, 0.4) is 0 Å². The van der Waals surface area contributed by atoms with E-state index < -0.39 is 16.5 Å². The maximum absolute atomic E-state index is 5.79. The first-order chi connectivity index (χ1) is 8.71. The fourth-order valence-electron chi connectivity index (χ4n) is 2.34. The van der Waals surface area contributed by atoms with Crippen LogP contribution in [0.25, 0.3) is 4.65 Å². The summed E-state index contributed by atoms with van der Waals surface area (Å²) >= 11 is 0. The van der Waals surface area contributed by atoms with Gasteiger partial charge in [-0.15, -0.1) is 0 Å². The van der Waals surface area contributed by atoms with Gasteiger partial charge in [0.2, 0.25) is 0 Å². The van der Waals surface area contributed by atoms with Gasteiger partial charge < -0.3 is 13.5 Å². The van der Waals surface area contributed by atoms with Crippen molar-refractivity contribution in [2.24, 2.45) is 0 Å². The van der Waals surface area contributed by atoms with Crippen molar-refractivity contribution in [3.63, 3.8) is 0 Å². The van der Waals surface area contributed by atoms with Crippen LogP contribution in [0.5, 0.6) is 0 Å². The predicted octanol–water partition coefficient (Wildman–Crippen LogP) is 0.392. The fraction of sp³-hybridized carbons (Fsp3) is 0.429. The zero-order chi connectivity index (χ0) is 14.3. The third-order valence-electron chi connectivity index (χ3n) is 3.25. The average Bonchev–Trinajstić information content (AvgIpc) is 2.86. The van der Waals surface area contributed by atoms with Crippen molar-refractivity contribution in [2.75, 3.05) is 0 Å². The van der Waals surface area contributed by atoms with E-state index in [1.54, 1.807) is 0 Å². The molecule has 0 amide bonds. The topological polar surface area (TPSA) is 40.4 Å². The molecule has 2 heterocycles. The minimum Gasteiger partial charge on any atom is -0.655 e. The first-order valence-electron chi connectivity index (χ1n) is 6.59. The number of rotatable bonds is 4.